The Morgan fingerprint density at radius 2 is 1.75 bits per heavy atom. The molecule has 1 amide bonds. The van der Waals surface area contributed by atoms with Gasteiger partial charge in [-0.3, -0.25) is 9.59 Å². The summed E-state index contributed by atoms with van der Waals surface area (Å²) < 4.78 is 6.02. The SMILES string of the molecule is Cc1ccc(C2c3c(oc4c(C)cc(C)cc4c3=O)C(=O)N2CCCO)cc1. The number of aliphatic hydroxyl groups excluding tert-OH is 1. The van der Waals surface area contributed by atoms with Crippen molar-refractivity contribution in [3.8, 4) is 0 Å². The maximum absolute atomic E-state index is 13.5. The van der Waals surface area contributed by atoms with E-state index < -0.39 is 6.04 Å². The van der Waals surface area contributed by atoms with Crippen LogP contribution in [0.2, 0.25) is 0 Å². The highest BCUT2D eigenvalue weighted by molar-refractivity contribution is 5.99. The second-order valence-corrected chi connectivity index (χ2v) is 7.52. The maximum atomic E-state index is 13.5. The molecule has 1 aliphatic rings. The third kappa shape index (κ3) is 2.83. The van der Waals surface area contributed by atoms with Gasteiger partial charge in [-0.25, -0.2) is 0 Å². The maximum Gasteiger partial charge on any atom is 0.290 e. The third-order valence-electron chi connectivity index (χ3n) is 5.35. The van der Waals surface area contributed by atoms with Gasteiger partial charge in [-0.1, -0.05) is 35.9 Å². The van der Waals surface area contributed by atoms with Crippen LogP contribution in [0.25, 0.3) is 11.0 Å². The van der Waals surface area contributed by atoms with E-state index in [9.17, 15) is 14.7 Å². The van der Waals surface area contributed by atoms with Gasteiger partial charge in [0.1, 0.15) is 5.58 Å². The number of hydrogen-bond acceptors (Lipinski definition) is 4. The van der Waals surface area contributed by atoms with Crippen molar-refractivity contribution in [1.29, 1.82) is 0 Å². The number of carbonyl (C=O) groups excluding carboxylic acids is 1. The van der Waals surface area contributed by atoms with Gasteiger partial charge >= 0.3 is 0 Å². The first-order valence-electron chi connectivity index (χ1n) is 9.48. The highest BCUT2D eigenvalue weighted by Crippen LogP contribution is 2.38. The Hall–Kier alpha value is -2.92. The molecule has 1 atom stereocenters. The van der Waals surface area contributed by atoms with Crippen LogP contribution in [0.4, 0.5) is 0 Å². The quantitative estimate of drug-likeness (QED) is 0.753. The topological polar surface area (TPSA) is 70.8 Å². The van der Waals surface area contributed by atoms with Crippen LogP contribution < -0.4 is 5.43 Å². The summed E-state index contributed by atoms with van der Waals surface area (Å²) in [5.74, 6) is -0.180. The van der Waals surface area contributed by atoms with Gasteiger partial charge < -0.3 is 14.4 Å². The first-order chi connectivity index (χ1) is 13.4. The van der Waals surface area contributed by atoms with Gasteiger partial charge in [0.05, 0.1) is 17.0 Å². The van der Waals surface area contributed by atoms with E-state index in [-0.39, 0.29) is 23.7 Å². The highest BCUT2D eigenvalue weighted by Gasteiger charge is 2.42. The molecule has 1 aromatic heterocycles. The van der Waals surface area contributed by atoms with Crippen LogP contribution >= 0.6 is 0 Å². The molecule has 0 bridgehead atoms. The largest absolute Gasteiger partial charge is 0.450 e. The summed E-state index contributed by atoms with van der Waals surface area (Å²) >= 11 is 0. The van der Waals surface area contributed by atoms with Crippen LogP contribution in [0, 0.1) is 20.8 Å². The molecule has 1 N–H and O–H groups in total. The standard InChI is InChI=1S/C23H23NO4/c1-13-5-7-16(8-6-13)19-18-20(26)17-12-14(2)11-15(3)21(17)28-22(18)23(27)24(19)9-4-10-25/h5-8,11-12,19,25H,4,9-10H2,1-3H3. The first-order valence-corrected chi connectivity index (χ1v) is 9.48. The zero-order chi connectivity index (χ0) is 20.0. The molecule has 0 spiro atoms. The van der Waals surface area contributed by atoms with Crippen LogP contribution in [0.1, 0.15) is 50.8 Å². The van der Waals surface area contributed by atoms with Gasteiger partial charge in [0.2, 0.25) is 5.76 Å². The average molecular weight is 377 g/mol. The number of rotatable bonds is 4. The molecule has 1 aliphatic heterocycles. The lowest BCUT2D eigenvalue weighted by Crippen LogP contribution is -2.31. The molecule has 0 saturated heterocycles. The Labute approximate surface area is 163 Å². The molecule has 0 radical (unpaired) electrons. The average Bonchev–Trinajstić information content (AvgIpc) is 2.94. The summed E-state index contributed by atoms with van der Waals surface area (Å²) in [5, 5.41) is 9.78. The van der Waals surface area contributed by atoms with Crippen molar-refractivity contribution < 1.29 is 14.3 Å². The molecule has 1 unspecified atom stereocenters. The molecular weight excluding hydrogens is 354 g/mol. The second kappa shape index (κ2) is 6.91. The fraction of sp³-hybridized carbons (Fsp3) is 0.304. The molecule has 28 heavy (non-hydrogen) atoms. The summed E-state index contributed by atoms with van der Waals surface area (Å²) in [7, 11) is 0. The van der Waals surface area contributed by atoms with Crippen LogP contribution in [-0.4, -0.2) is 29.1 Å². The number of fused-ring (bicyclic) bond motifs is 2. The predicted octanol–water partition coefficient (Wildman–Crippen LogP) is 3.65. The number of hydrogen-bond donors (Lipinski definition) is 1. The number of aliphatic hydroxyl groups is 1. The number of nitrogens with zero attached hydrogens (tertiary/aromatic N) is 1. The Morgan fingerprint density at radius 1 is 1.04 bits per heavy atom. The molecule has 0 aliphatic carbocycles. The summed E-state index contributed by atoms with van der Waals surface area (Å²) in [4.78, 5) is 28.2. The minimum Gasteiger partial charge on any atom is -0.450 e. The Balaban J connectivity index is 2.00. The van der Waals surface area contributed by atoms with Gasteiger partial charge in [0.25, 0.3) is 5.91 Å². The molecule has 3 aromatic rings. The van der Waals surface area contributed by atoms with Crippen LogP contribution in [0.15, 0.2) is 45.6 Å². The van der Waals surface area contributed by atoms with Crippen molar-refractivity contribution in [2.45, 2.75) is 33.2 Å². The highest BCUT2D eigenvalue weighted by atomic mass is 16.3. The third-order valence-corrected chi connectivity index (χ3v) is 5.35. The molecule has 2 heterocycles. The molecule has 2 aromatic carbocycles. The Bertz CT molecular complexity index is 1130. The minimum atomic E-state index is -0.504. The van der Waals surface area contributed by atoms with E-state index >= 15 is 0 Å². The van der Waals surface area contributed by atoms with E-state index in [1.165, 1.54) is 0 Å². The summed E-state index contributed by atoms with van der Waals surface area (Å²) in [5.41, 5.74) is 4.49. The van der Waals surface area contributed by atoms with Crippen LogP contribution in [-0.2, 0) is 0 Å². The van der Waals surface area contributed by atoms with Crippen molar-refractivity contribution >= 4 is 16.9 Å². The van der Waals surface area contributed by atoms with E-state index in [2.05, 4.69) is 0 Å². The van der Waals surface area contributed by atoms with E-state index in [0.717, 1.165) is 22.3 Å². The fourth-order valence-electron chi connectivity index (χ4n) is 4.04. The van der Waals surface area contributed by atoms with Gasteiger partial charge in [0.15, 0.2) is 5.43 Å². The zero-order valence-electron chi connectivity index (χ0n) is 16.3. The fourth-order valence-corrected chi connectivity index (χ4v) is 4.04. The molecule has 0 saturated carbocycles. The lowest BCUT2D eigenvalue weighted by molar-refractivity contribution is 0.0716. The summed E-state index contributed by atoms with van der Waals surface area (Å²) in [6, 6.07) is 11.1. The predicted molar refractivity (Wildman–Crippen MR) is 108 cm³/mol. The lowest BCUT2D eigenvalue weighted by Gasteiger charge is -2.25. The lowest BCUT2D eigenvalue weighted by atomic mass is 9.96. The van der Waals surface area contributed by atoms with E-state index in [0.29, 0.717) is 29.5 Å². The molecule has 0 fully saturated rings. The van der Waals surface area contributed by atoms with Crippen molar-refractivity contribution in [2.75, 3.05) is 13.2 Å². The zero-order valence-corrected chi connectivity index (χ0v) is 16.3. The van der Waals surface area contributed by atoms with Gasteiger partial charge in [-0.15, -0.1) is 0 Å². The Morgan fingerprint density at radius 3 is 2.43 bits per heavy atom. The molecule has 5 nitrogen and oxygen atoms in total. The molecule has 5 heteroatoms. The normalized spacial score (nSPS) is 16.1. The van der Waals surface area contributed by atoms with Crippen molar-refractivity contribution in [3.05, 3.63) is 80.2 Å². The minimum absolute atomic E-state index is 0.0254. The number of benzene rings is 2. The van der Waals surface area contributed by atoms with E-state index in [1.807, 2.05) is 57.2 Å². The Kier molecular flexibility index (Phi) is 4.55. The van der Waals surface area contributed by atoms with E-state index in [4.69, 9.17) is 4.42 Å². The van der Waals surface area contributed by atoms with Crippen molar-refractivity contribution in [1.82, 2.24) is 4.90 Å². The second-order valence-electron chi connectivity index (χ2n) is 7.52. The van der Waals surface area contributed by atoms with Crippen molar-refractivity contribution in [2.24, 2.45) is 0 Å². The van der Waals surface area contributed by atoms with Crippen LogP contribution in [0.3, 0.4) is 0 Å². The van der Waals surface area contributed by atoms with Crippen molar-refractivity contribution in [3.63, 3.8) is 0 Å². The summed E-state index contributed by atoms with van der Waals surface area (Å²) in [6.07, 6.45) is 0.438. The van der Waals surface area contributed by atoms with Crippen LogP contribution in [0.5, 0.6) is 0 Å². The summed E-state index contributed by atoms with van der Waals surface area (Å²) in [6.45, 7) is 6.14. The molecular formula is C23H23NO4. The number of aryl methyl sites for hydroxylation is 3. The van der Waals surface area contributed by atoms with Gasteiger partial charge in [-0.05, 0) is 49.9 Å². The monoisotopic (exact) mass is 377 g/mol. The smallest absolute Gasteiger partial charge is 0.290 e. The number of amides is 1. The first kappa shape index (κ1) is 18.4. The van der Waals surface area contributed by atoms with E-state index in [1.54, 1.807) is 4.90 Å². The van der Waals surface area contributed by atoms with Gasteiger partial charge in [-0.2, -0.15) is 0 Å². The molecule has 4 rings (SSSR count). The number of carbonyl (C=O) groups is 1. The van der Waals surface area contributed by atoms with Gasteiger partial charge in [0, 0.05) is 13.2 Å². The molecule has 144 valence electrons.